The Labute approximate surface area is 225 Å². The Hall–Kier alpha value is -2.23. The quantitative estimate of drug-likeness (QED) is 0.473. The Bertz CT molecular complexity index is 1290. The van der Waals surface area contributed by atoms with Crippen LogP contribution in [0.3, 0.4) is 0 Å². The van der Waals surface area contributed by atoms with Gasteiger partial charge in [0.1, 0.15) is 5.67 Å². The molecule has 10 heteroatoms. The number of alkyl halides is 1. The van der Waals surface area contributed by atoms with Crippen molar-refractivity contribution < 1.29 is 18.7 Å². The third-order valence-electron chi connectivity index (χ3n) is 7.80. The number of hydrogen-bond acceptors (Lipinski definition) is 6. The SMILES string of the molecule is CSc1cc(C)[nH]c(=O)c1CNC(=O)c1cc(Cl)c2c(c1C)O[C@@](C)(C1CCN(CC3(F)CC3)CC1)O2. The van der Waals surface area contributed by atoms with Crippen molar-refractivity contribution in [2.75, 3.05) is 25.9 Å². The van der Waals surface area contributed by atoms with Gasteiger partial charge >= 0.3 is 0 Å². The van der Waals surface area contributed by atoms with Crippen LogP contribution < -0.4 is 20.3 Å². The number of benzene rings is 1. The van der Waals surface area contributed by atoms with Crippen LogP contribution >= 0.6 is 23.4 Å². The number of nitrogens with zero attached hydrogens (tertiary/aromatic N) is 1. The van der Waals surface area contributed by atoms with E-state index >= 15 is 0 Å². The van der Waals surface area contributed by atoms with Crippen LogP contribution in [0.1, 0.15) is 59.8 Å². The summed E-state index contributed by atoms with van der Waals surface area (Å²) in [5.41, 5.74) is 1.08. The highest BCUT2D eigenvalue weighted by Gasteiger charge is 2.49. The summed E-state index contributed by atoms with van der Waals surface area (Å²) in [5.74, 6) is -0.230. The summed E-state index contributed by atoms with van der Waals surface area (Å²) in [6.07, 6.45) is 4.88. The molecule has 1 saturated heterocycles. The van der Waals surface area contributed by atoms with Crippen LogP contribution in [0.2, 0.25) is 5.02 Å². The highest BCUT2D eigenvalue weighted by atomic mass is 35.5. The molecule has 1 amide bonds. The molecule has 0 unspecified atom stereocenters. The average Bonchev–Trinajstić information content (AvgIpc) is 3.45. The Kier molecular flexibility index (Phi) is 7.00. The zero-order valence-corrected chi connectivity index (χ0v) is 23.2. The molecule has 5 rings (SSSR count). The fourth-order valence-electron chi connectivity index (χ4n) is 5.36. The van der Waals surface area contributed by atoms with Gasteiger partial charge in [0.2, 0.25) is 0 Å². The summed E-state index contributed by atoms with van der Waals surface area (Å²) in [7, 11) is 0. The molecule has 3 heterocycles. The lowest BCUT2D eigenvalue weighted by Gasteiger charge is -2.39. The number of aryl methyl sites for hydroxylation is 1. The van der Waals surface area contributed by atoms with Gasteiger partial charge in [0, 0.05) is 53.2 Å². The van der Waals surface area contributed by atoms with Crippen LogP contribution in [-0.2, 0) is 6.54 Å². The van der Waals surface area contributed by atoms with Gasteiger partial charge in [-0.25, -0.2) is 4.39 Å². The van der Waals surface area contributed by atoms with Crippen molar-refractivity contribution in [1.82, 2.24) is 15.2 Å². The Morgan fingerprint density at radius 3 is 2.57 bits per heavy atom. The van der Waals surface area contributed by atoms with Crippen molar-refractivity contribution >= 4 is 29.3 Å². The van der Waals surface area contributed by atoms with Gasteiger partial charge in [-0.2, -0.15) is 0 Å². The van der Waals surface area contributed by atoms with Crippen LogP contribution in [0.4, 0.5) is 4.39 Å². The molecular formula is C27H33ClFN3O4S. The molecule has 0 bridgehead atoms. The number of carbonyl (C=O) groups is 1. The number of hydrogen-bond donors (Lipinski definition) is 2. The lowest BCUT2D eigenvalue weighted by Crippen LogP contribution is -2.49. The van der Waals surface area contributed by atoms with E-state index in [4.69, 9.17) is 21.1 Å². The van der Waals surface area contributed by atoms with Crippen molar-refractivity contribution in [3.05, 3.63) is 49.9 Å². The van der Waals surface area contributed by atoms with Gasteiger partial charge in [-0.1, -0.05) is 11.6 Å². The van der Waals surface area contributed by atoms with Gasteiger partial charge in [0.25, 0.3) is 17.3 Å². The molecule has 1 aromatic heterocycles. The van der Waals surface area contributed by atoms with E-state index in [1.807, 2.05) is 33.1 Å². The summed E-state index contributed by atoms with van der Waals surface area (Å²) in [5, 5.41) is 3.16. The number of likely N-dealkylation sites (tertiary alicyclic amines) is 1. The van der Waals surface area contributed by atoms with Gasteiger partial charge in [-0.15, -0.1) is 11.8 Å². The molecule has 0 radical (unpaired) electrons. The molecule has 7 nitrogen and oxygen atoms in total. The summed E-state index contributed by atoms with van der Waals surface area (Å²) >= 11 is 8.04. The summed E-state index contributed by atoms with van der Waals surface area (Å²) < 4.78 is 26.9. The monoisotopic (exact) mass is 549 g/mol. The van der Waals surface area contributed by atoms with Crippen molar-refractivity contribution in [3.63, 3.8) is 0 Å². The van der Waals surface area contributed by atoms with Crippen molar-refractivity contribution in [3.8, 4) is 11.5 Å². The molecule has 2 N–H and O–H groups in total. The number of H-pyrrole nitrogens is 1. The maximum atomic E-state index is 14.2. The van der Waals surface area contributed by atoms with Gasteiger partial charge < -0.3 is 24.7 Å². The molecule has 2 fully saturated rings. The molecule has 1 saturated carbocycles. The van der Waals surface area contributed by atoms with Crippen LogP contribution in [0.5, 0.6) is 11.5 Å². The predicted octanol–water partition coefficient (Wildman–Crippen LogP) is 5.00. The first-order valence-electron chi connectivity index (χ1n) is 12.7. The summed E-state index contributed by atoms with van der Waals surface area (Å²) in [6, 6.07) is 3.48. The maximum absolute atomic E-state index is 14.2. The standard InChI is InChI=1S/C27H33ClFN3O4S/c1-15-11-21(37-4)19(25(34)31-15)13-30-24(33)18-12-20(28)23-22(16(18)2)35-26(3,36-23)17-5-9-32(10-6-17)14-27(29)7-8-27/h11-12,17H,5-10,13-14H2,1-4H3,(H,30,33)(H,31,34)/t26-/m1/s1. The molecule has 200 valence electrons. The molecule has 1 aromatic carbocycles. The number of halogens is 2. The van der Waals surface area contributed by atoms with E-state index in [0.29, 0.717) is 52.6 Å². The number of piperidine rings is 1. The second kappa shape index (κ2) is 9.82. The highest BCUT2D eigenvalue weighted by molar-refractivity contribution is 7.98. The number of aromatic amines is 1. The van der Waals surface area contributed by atoms with E-state index in [9.17, 15) is 14.0 Å². The third-order valence-corrected chi connectivity index (χ3v) is 8.88. The first kappa shape index (κ1) is 26.4. The minimum Gasteiger partial charge on any atom is -0.448 e. The number of nitrogens with one attached hydrogen (secondary N) is 2. The molecule has 0 spiro atoms. The third kappa shape index (κ3) is 5.22. The molecular weight excluding hydrogens is 517 g/mol. The van der Waals surface area contributed by atoms with Crippen LogP contribution in [0.25, 0.3) is 0 Å². The molecule has 37 heavy (non-hydrogen) atoms. The largest absolute Gasteiger partial charge is 0.448 e. The van der Waals surface area contributed by atoms with Crippen LogP contribution in [-0.4, -0.2) is 53.1 Å². The fraction of sp³-hybridized carbons (Fsp3) is 0.556. The minimum atomic E-state index is -0.987. The summed E-state index contributed by atoms with van der Waals surface area (Å²) in [6.45, 7) is 7.74. The van der Waals surface area contributed by atoms with Gasteiger partial charge in [0.15, 0.2) is 11.5 Å². The highest BCUT2D eigenvalue weighted by Crippen LogP contribution is 2.51. The Balaban J connectivity index is 1.29. The number of amides is 1. The maximum Gasteiger partial charge on any atom is 0.254 e. The van der Waals surface area contributed by atoms with Crippen LogP contribution in [0, 0.1) is 19.8 Å². The predicted molar refractivity (Wildman–Crippen MR) is 143 cm³/mol. The van der Waals surface area contributed by atoms with E-state index in [0.717, 1.165) is 36.5 Å². The number of carbonyl (C=O) groups excluding carboxylic acids is 1. The van der Waals surface area contributed by atoms with Crippen molar-refractivity contribution in [2.24, 2.45) is 5.92 Å². The smallest absolute Gasteiger partial charge is 0.254 e. The lowest BCUT2D eigenvalue weighted by molar-refractivity contribution is -0.125. The van der Waals surface area contributed by atoms with Gasteiger partial charge in [-0.05, 0) is 71.0 Å². The Morgan fingerprint density at radius 2 is 1.92 bits per heavy atom. The Morgan fingerprint density at radius 1 is 1.24 bits per heavy atom. The normalized spacial score (nSPS) is 22.8. The number of aromatic nitrogens is 1. The lowest BCUT2D eigenvalue weighted by atomic mass is 9.89. The molecule has 1 atom stereocenters. The van der Waals surface area contributed by atoms with E-state index in [1.165, 1.54) is 11.8 Å². The second-order valence-electron chi connectivity index (χ2n) is 10.6. The zero-order chi connectivity index (χ0) is 26.5. The number of thioether (sulfide) groups is 1. The van der Waals surface area contributed by atoms with Gasteiger partial charge in [-0.3, -0.25) is 9.59 Å². The minimum absolute atomic E-state index is 0.0899. The molecule has 1 aliphatic carbocycles. The fourth-order valence-corrected chi connectivity index (χ4v) is 6.30. The van der Waals surface area contributed by atoms with E-state index in [2.05, 4.69) is 15.2 Å². The van der Waals surface area contributed by atoms with E-state index in [-0.39, 0.29) is 23.9 Å². The van der Waals surface area contributed by atoms with Gasteiger partial charge in [0.05, 0.1) is 5.02 Å². The number of rotatable bonds is 7. The second-order valence-corrected chi connectivity index (χ2v) is 11.9. The number of pyridine rings is 1. The average molecular weight is 550 g/mol. The first-order chi connectivity index (χ1) is 17.5. The first-order valence-corrected chi connectivity index (χ1v) is 14.3. The molecule has 2 aromatic rings. The molecule has 3 aliphatic rings. The van der Waals surface area contributed by atoms with Crippen molar-refractivity contribution in [1.29, 1.82) is 0 Å². The van der Waals surface area contributed by atoms with Crippen LogP contribution in [0.15, 0.2) is 21.8 Å². The topological polar surface area (TPSA) is 83.7 Å². The zero-order valence-electron chi connectivity index (χ0n) is 21.6. The number of fused-ring (bicyclic) bond motifs is 1. The number of ether oxygens (including phenoxy) is 2. The van der Waals surface area contributed by atoms with Crippen molar-refractivity contribution in [2.45, 2.75) is 69.4 Å². The molecule has 2 aliphatic heterocycles. The summed E-state index contributed by atoms with van der Waals surface area (Å²) in [4.78, 5) is 31.4. The van der Waals surface area contributed by atoms with E-state index < -0.39 is 11.5 Å². The van der Waals surface area contributed by atoms with E-state index in [1.54, 1.807) is 6.07 Å².